The lowest BCUT2D eigenvalue weighted by Gasteiger charge is -2.37. The lowest BCUT2D eigenvalue weighted by Crippen LogP contribution is -2.41. The topological polar surface area (TPSA) is 105 Å². The van der Waals surface area contributed by atoms with Crippen molar-refractivity contribution in [3.63, 3.8) is 0 Å². The third-order valence-electron chi connectivity index (χ3n) is 10.2. The molecule has 3 fully saturated rings. The number of aliphatic carboxylic acids is 1. The van der Waals surface area contributed by atoms with E-state index in [1.165, 1.54) is 50.5 Å². The molecule has 1 aromatic carbocycles. The molecular formula is C34H48N6O3. The van der Waals surface area contributed by atoms with Crippen LogP contribution in [0.2, 0.25) is 0 Å². The number of benzene rings is 1. The number of anilines is 2. The number of fused-ring (bicyclic) bond motifs is 1. The first kappa shape index (κ1) is 29.9. The molecule has 0 spiro atoms. The van der Waals surface area contributed by atoms with Gasteiger partial charge in [0, 0.05) is 25.6 Å². The van der Waals surface area contributed by atoms with E-state index in [9.17, 15) is 9.90 Å². The van der Waals surface area contributed by atoms with E-state index in [-0.39, 0.29) is 18.5 Å². The highest BCUT2D eigenvalue weighted by Gasteiger charge is 2.34. The average molecular weight is 589 g/mol. The summed E-state index contributed by atoms with van der Waals surface area (Å²) in [7, 11) is 0. The Morgan fingerprint density at radius 1 is 1.09 bits per heavy atom. The number of hydrogen-bond acceptors (Lipinski definition) is 7. The van der Waals surface area contributed by atoms with Gasteiger partial charge in [0.05, 0.1) is 24.7 Å². The number of carboxylic acids is 1. The fourth-order valence-corrected chi connectivity index (χ4v) is 6.95. The van der Waals surface area contributed by atoms with Crippen molar-refractivity contribution >= 4 is 28.9 Å². The maximum absolute atomic E-state index is 12.1. The summed E-state index contributed by atoms with van der Waals surface area (Å²) in [6, 6.07) is 10.9. The molecule has 0 unspecified atom stereocenters. The highest BCUT2D eigenvalue weighted by Crippen LogP contribution is 2.38. The van der Waals surface area contributed by atoms with Crippen LogP contribution in [0.1, 0.15) is 90.1 Å². The van der Waals surface area contributed by atoms with Crippen molar-refractivity contribution in [3.05, 3.63) is 41.7 Å². The minimum atomic E-state index is -0.989. The summed E-state index contributed by atoms with van der Waals surface area (Å²) in [6.45, 7) is 10.9. The maximum Gasteiger partial charge on any atom is 0.309 e. The Hall–Kier alpha value is -3.20. The van der Waals surface area contributed by atoms with Crippen molar-refractivity contribution in [2.75, 3.05) is 30.0 Å². The second-order valence-electron chi connectivity index (χ2n) is 14.0. The summed E-state index contributed by atoms with van der Waals surface area (Å²) in [4.78, 5) is 29.7. The van der Waals surface area contributed by atoms with Crippen LogP contribution in [0.3, 0.4) is 0 Å². The maximum atomic E-state index is 12.1. The molecule has 2 aromatic heterocycles. The van der Waals surface area contributed by atoms with Gasteiger partial charge in [-0.1, -0.05) is 56.5 Å². The molecule has 1 aliphatic heterocycles. The molecule has 3 aromatic rings. The van der Waals surface area contributed by atoms with Crippen molar-refractivity contribution in [1.82, 2.24) is 19.5 Å². The fourth-order valence-electron chi connectivity index (χ4n) is 6.95. The van der Waals surface area contributed by atoms with Crippen LogP contribution in [0.15, 0.2) is 30.3 Å². The van der Waals surface area contributed by atoms with Gasteiger partial charge in [0.1, 0.15) is 11.3 Å². The number of aromatic nitrogens is 4. The highest BCUT2D eigenvalue weighted by molar-refractivity contribution is 5.86. The van der Waals surface area contributed by atoms with E-state index in [0.29, 0.717) is 36.5 Å². The van der Waals surface area contributed by atoms with Gasteiger partial charge in [-0.15, -0.1) is 0 Å². The molecule has 9 nitrogen and oxygen atoms in total. The zero-order valence-corrected chi connectivity index (χ0v) is 26.3. The Balaban J connectivity index is 1.48. The molecular weight excluding hydrogens is 540 g/mol. The monoisotopic (exact) mass is 588 g/mol. The van der Waals surface area contributed by atoms with Gasteiger partial charge < -0.3 is 24.6 Å². The summed E-state index contributed by atoms with van der Waals surface area (Å²) >= 11 is 0. The van der Waals surface area contributed by atoms with Crippen molar-refractivity contribution in [3.8, 4) is 0 Å². The molecule has 2 aliphatic carbocycles. The largest absolute Gasteiger partial charge is 0.481 e. The number of hydrogen-bond donors (Lipinski definition) is 2. The standard InChI is InChI=1S/C34H48N6O3/c1-22-13-15-24(16-14-22)20-40-29-30(35-23(2)25-11-8-12-25)36-28(19-34(3,4)32(41)42)37-31(29)38-33(40)39-17-18-43-21-27(39)26-9-6-5-7-10-26/h5-7,9-10,22-25,27H,8,11-21H2,1-4H3,(H,41,42)(H,35,36,37)/t22?,23-,24?,27+/m1/s1. The number of carboxylic acid groups (broad SMARTS) is 1. The van der Waals surface area contributed by atoms with Crippen molar-refractivity contribution in [2.24, 2.45) is 23.2 Å². The highest BCUT2D eigenvalue weighted by atomic mass is 16.5. The Morgan fingerprint density at radius 2 is 1.84 bits per heavy atom. The first-order valence-corrected chi connectivity index (χ1v) is 16.4. The Kier molecular flexibility index (Phi) is 8.63. The van der Waals surface area contributed by atoms with E-state index < -0.39 is 11.4 Å². The number of ether oxygens (including phenoxy) is 1. The predicted octanol–water partition coefficient (Wildman–Crippen LogP) is 6.48. The molecule has 3 aliphatic rings. The van der Waals surface area contributed by atoms with Crippen LogP contribution < -0.4 is 10.2 Å². The van der Waals surface area contributed by atoms with E-state index in [4.69, 9.17) is 19.7 Å². The van der Waals surface area contributed by atoms with Gasteiger partial charge in [-0.2, -0.15) is 4.98 Å². The molecule has 0 amide bonds. The van der Waals surface area contributed by atoms with Crippen molar-refractivity contribution in [2.45, 2.75) is 97.7 Å². The molecule has 2 atom stereocenters. The molecule has 1 saturated heterocycles. The zero-order chi connectivity index (χ0) is 30.1. The van der Waals surface area contributed by atoms with Gasteiger partial charge in [0.15, 0.2) is 11.5 Å². The van der Waals surface area contributed by atoms with E-state index in [1.807, 2.05) is 6.07 Å². The fraction of sp³-hybridized carbons (Fsp3) is 0.647. The van der Waals surface area contributed by atoms with Crippen LogP contribution in [0.5, 0.6) is 0 Å². The first-order valence-electron chi connectivity index (χ1n) is 16.4. The van der Waals surface area contributed by atoms with E-state index in [0.717, 1.165) is 36.3 Å². The number of nitrogens with one attached hydrogen (secondary N) is 1. The third kappa shape index (κ3) is 6.37. The molecule has 2 saturated carbocycles. The molecule has 9 heteroatoms. The number of rotatable bonds is 10. The summed E-state index contributed by atoms with van der Waals surface area (Å²) in [6.07, 6.45) is 8.87. The van der Waals surface area contributed by atoms with Crippen LogP contribution in [0.25, 0.3) is 11.2 Å². The third-order valence-corrected chi connectivity index (χ3v) is 10.2. The Morgan fingerprint density at radius 3 is 2.51 bits per heavy atom. The molecule has 3 heterocycles. The van der Waals surface area contributed by atoms with E-state index in [1.54, 1.807) is 13.8 Å². The first-order chi connectivity index (χ1) is 20.7. The van der Waals surface area contributed by atoms with Gasteiger partial charge in [0.2, 0.25) is 5.95 Å². The Bertz CT molecular complexity index is 1410. The summed E-state index contributed by atoms with van der Waals surface area (Å²) in [5.41, 5.74) is 1.80. The molecule has 43 heavy (non-hydrogen) atoms. The van der Waals surface area contributed by atoms with Crippen LogP contribution in [0, 0.1) is 23.2 Å². The van der Waals surface area contributed by atoms with Gasteiger partial charge in [-0.3, -0.25) is 4.79 Å². The van der Waals surface area contributed by atoms with Crippen LogP contribution in [0.4, 0.5) is 11.8 Å². The van der Waals surface area contributed by atoms with Gasteiger partial charge in [0.25, 0.3) is 0 Å². The smallest absolute Gasteiger partial charge is 0.309 e. The lowest BCUT2D eigenvalue weighted by atomic mass is 9.80. The lowest BCUT2D eigenvalue weighted by molar-refractivity contribution is -0.146. The van der Waals surface area contributed by atoms with Gasteiger partial charge in [-0.25, -0.2) is 9.97 Å². The van der Waals surface area contributed by atoms with Crippen LogP contribution in [-0.2, 0) is 22.5 Å². The minimum Gasteiger partial charge on any atom is -0.481 e. The zero-order valence-electron chi connectivity index (χ0n) is 26.3. The summed E-state index contributed by atoms with van der Waals surface area (Å²) in [5.74, 6) is 3.31. The second kappa shape index (κ2) is 12.4. The van der Waals surface area contributed by atoms with Crippen LogP contribution >= 0.6 is 0 Å². The molecule has 0 radical (unpaired) electrons. The normalized spacial score (nSPS) is 24.1. The molecule has 0 bridgehead atoms. The van der Waals surface area contributed by atoms with Crippen LogP contribution in [-0.4, -0.2) is 56.4 Å². The summed E-state index contributed by atoms with van der Waals surface area (Å²) < 4.78 is 8.40. The number of nitrogens with zero attached hydrogens (tertiary/aromatic N) is 5. The van der Waals surface area contributed by atoms with E-state index in [2.05, 4.69) is 52.9 Å². The number of imidazole rings is 1. The average Bonchev–Trinajstić information content (AvgIpc) is 3.31. The molecule has 2 N–H and O–H groups in total. The van der Waals surface area contributed by atoms with E-state index >= 15 is 0 Å². The molecule has 6 rings (SSSR count). The van der Waals surface area contributed by atoms with Gasteiger partial charge >= 0.3 is 5.97 Å². The Labute approximate surface area is 255 Å². The summed E-state index contributed by atoms with van der Waals surface area (Å²) in [5, 5.41) is 13.7. The molecule has 232 valence electrons. The second-order valence-corrected chi connectivity index (χ2v) is 14.0. The number of carbonyl (C=O) groups is 1. The quantitative estimate of drug-likeness (QED) is 0.277. The number of morpholine rings is 1. The van der Waals surface area contributed by atoms with Crippen molar-refractivity contribution < 1.29 is 14.6 Å². The van der Waals surface area contributed by atoms with Crippen molar-refractivity contribution in [1.29, 1.82) is 0 Å². The minimum absolute atomic E-state index is 0.0422. The SMILES string of the molecule is CC1CCC(Cn2c(N3CCOC[C@H]3c3ccccc3)nc3nc(CC(C)(C)C(=O)O)nc(N[C@H](C)C4CCC4)c32)CC1. The predicted molar refractivity (Wildman–Crippen MR) is 169 cm³/mol. The van der Waals surface area contributed by atoms with Gasteiger partial charge in [-0.05, 0) is 69.8 Å².